The molecule has 0 unspecified atom stereocenters. The van der Waals surface area contributed by atoms with Crippen LogP contribution in [0.5, 0.6) is 5.75 Å². The van der Waals surface area contributed by atoms with Crippen molar-refractivity contribution in [3.63, 3.8) is 0 Å². The van der Waals surface area contributed by atoms with Crippen LogP contribution in [0, 0.1) is 10.1 Å². The van der Waals surface area contributed by atoms with Gasteiger partial charge in [-0.25, -0.2) is 4.79 Å². The lowest BCUT2D eigenvalue weighted by atomic mass is 10.1. The molecule has 3 aromatic rings. The first kappa shape index (κ1) is 19.1. The minimum Gasteiger partial charge on any atom is -0.433 e. The zero-order chi connectivity index (χ0) is 20.1. The number of aromatic amines is 1. The van der Waals surface area contributed by atoms with Gasteiger partial charge in [-0.15, -0.1) is 0 Å². The van der Waals surface area contributed by atoms with Crippen LogP contribution in [0.2, 0.25) is 0 Å². The van der Waals surface area contributed by atoms with Crippen LogP contribution in [-0.2, 0) is 6.42 Å². The third-order valence-corrected chi connectivity index (χ3v) is 3.99. The average molecular weight is 390 g/mol. The van der Waals surface area contributed by atoms with Gasteiger partial charge < -0.3 is 20.4 Å². The molecule has 0 aliphatic heterocycles. The molecule has 0 radical (unpaired) electrons. The molecule has 1 aromatic heterocycles. The second-order valence-electron chi connectivity index (χ2n) is 5.81. The zero-order valence-electron chi connectivity index (χ0n) is 14.4. The van der Waals surface area contributed by atoms with E-state index in [0.717, 1.165) is 34.7 Å². The highest BCUT2D eigenvalue weighted by molar-refractivity contribution is 5.91. The molecule has 3 rings (SSSR count). The van der Waals surface area contributed by atoms with Gasteiger partial charge in [0, 0.05) is 35.8 Å². The van der Waals surface area contributed by atoms with Gasteiger partial charge in [-0.1, -0.05) is 18.2 Å². The van der Waals surface area contributed by atoms with Gasteiger partial charge in [-0.3, -0.25) is 10.1 Å². The molecule has 28 heavy (non-hydrogen) atoms. The summed E-state index contributed by atoms with van der Waals surface area (Å²) in [6.07, 6.45) is 2.38. The van der Waals surface area contributed by atoms with Gasteiger partial charge in [0.15, 0.2) is 0 Å². The third kappa shape index (κ3) is 4.53. The van der Waals surface area contributed by atoms with Gasteiger partial charge in [0.1, 0.15) is 5.75 Å². The lowest BCUT2D eigenvalue weighted by Gasteiger charge is -2.12. The Hall–Kier alpha value is -3.69. The Kier molecular flexibility index (Phi) is 5.68. The Morgan fingerprint density at radius 2 is 2.04 bits per heavy atom. The highest BCUT2D eigenvalue weighted by Crippen LogP contribution is 2.30. The molecule has 2 aromatic carbocycles. The number of anilines is 1. The zero-order valence-corrected chi connectivity index (χ0v) is 14.4. The molecule has 2 amide bonds. The number of fused-ring (bicyclic) bond motifs is 1. The maximum Gasteiger partial charge on any atom is 0.387 e. The Bertz CT molecular complexity index is 1010. The molecule has 0 bridgehead atoms. The monoisotopic (exact) mass is 390 g/mol. The highest BCUT2D eigenvalue weighted by Gasteiger charge is 2.16. The summed E-state index contributed by atoms with van der Waals surface area (Å²) in [5.41, 5.74) is 1.40. The van der Waals surface area contributed by atoms with Crippen LogP contribution < -0.4 is 15.4 Å². The first-order valence-corrected chi connectivity index (χ1v) is 8.27. The molecule has 1 heterocycles. The van der Waals surface area contributed by atoms with E-state index in [1.54, 1.807) is 0 Å². The minimum absolute atomic E-state index is 0.223. The summed E-state index contributed by atoms with van der Waals surface area (Å²) in [7, 11) is 0. The largest absolute Gasteiger partial charge is 0.433 e. The smallest absolute Gasteiger partial charge is 0.387 e. The number of nitro groups is 1. The molecule has 10 heteroatoms. The summed E-state index contributed by atoms with van der Waals surface area (Å²) in [5, 5.41) is 16.8. The normalized spacial score (nSPS) is 10.8. The number of urea groups is 1. The SMILES string of the molecule is O=C(NCCc1c[nH]c2ccccc12)Nc1cc([N+](=O)[O-])ccc1OC(F)F. The molecule has 0 atom stereocenters. The number of benzene rings is 2. The number of nitro benzene ring substituents is 1. The standard InChI is InChI=1S/C18H16F2N4O4/c19-17(20)28-16-6-5-12(24(26)27)9-15(16)23-18(25)21-8-7-11-10-22-14-4-2-1-3-13(11)14/h1-6,9-10,17,22H,7-8H2,(H2,21,23,25). The first-order chi connectivity index (χ1) is 13.4. The van der Waals surface area contributed by atoms with Crippen LogP contribution in [0.1, 0.15) is 5.56 Å². The van der Waals surface area contributed by atoms with Crippen molar-refractivity contribution >= 4 is 28.3 Å². The van der Waals surface area contributed by atoms with Crippen molar-refractivity contribution in [3.05, 3.63) is 64.3 Å². The lowest BCUT2D eigenvalue weighted by Crippen LogP contribution is -2.30. The number of hydrogen-bond donors (Lipinski definition) is 3. The predicted octanol–water partition coefficient (Wildman–Crippen LogP) is 4.04. The number of aromatic nitrogens is 1. The number of carbonyl (C=O) groups is 1. The van der Waals surface area contributed by atoms with Crippen LogP contribution in [0.15, 0.2) is 48.7 Å². The molecule has 8 nitrogen and oxygen atoms in total. The van der Waals surface area contributed by atoms with Crippen molar-refractivity contribution in [3.8, 4) is 5.75 Å². The van der Waals surface area contributed by atoms with Crippen LogP contribution in [0.4, 0.5) is 25.0 Å². The summed E-state index contributed by atoms with van der Waals surface area (Å²) < 4.78 is 29.3. The van der Waals surface area contributed by atoms with E-state index in [-0.39, 0.29) is 23.7 Å². The van der Waals surface area contributed by atoms with Gasteiger partial charge in [0.2, 0.25) is 0 Å². The van der Waals surface area contributed by atoms with Gasteiger partial charge >= 0.3 is 12.6 Å². The first-order valence-electron chi connectivity index (χ1n) is 8.27. The number of ether oxygens (including phenoxy) is 1. The van der Waals surface area contributed by atoms with Crippen molar-refractivity contribution in [1.29, 1.82) is 0 Å². The molecule has 0 spiro atoms. The minimum atomic E-state index is -3.13. The maximum atomic E-state index is 12.5. The molecular formula is C18H16F2N4O4. The number of amides is 2. The summed E-state index contributed by atoms with van der Waals surface area (Å²) >= 11 is 0. The fourth-order valence-electron chi connectivity index (χ4n) is 2.74. The maximum absolute atomic E-state index is 12.5. The number of halogens is 2. The van der Waals surface area contributed by atoms with Gasteiger partial charge in [0.25, 0.3) is 5.69 Å². The van der Waals surface area contributed by atoms with E-state index in [1.165, 1.54) is 0 Å². The second-order valence-corrected chi connectivity index (χ2v) is 5.81. The van der Waals surface area contributed by atoms with Crippen molar-refractivity contribution < 1.29 is 23.2 Å². The molecule has 3 N–H and O–H groups in total. The van der Waals surface area contributed by atoms with Crippen LogP contribution in [0.25, 0.3) is 10.9 Å². The van der Waals surface area contributed by atoms with Crippen LogP contribution >= 0.6 is 0 Å². The summed E-state index contributed by atoms with van der Waals surface area (Å²) in [5.74, 6) is -0.368. The van der Waals surface area contributed by atoms with Gasteiger partial charge in [0.05, 0.1) is 10.6 Å². The fraction of sp³-hybridized carbons (Fsp3) is 0.167. The molecule has 0 fully saturated rings. The van der Waals surface area contributed by atoms with Crippen molar-refractivity contribution in [2.75, 3.05) is 11.9 Å². The summed E-state index contributed by atoms with van der Waals surface area (Å²) in [6.45, 7) is -2.86. The number of rotatable bonds is 7. The molecule has 0 aliphatic carbocycles. The van der Waals surface area contributed by atoms with Crippen LogP contribution in [-0.4, -0.2) is 29.1 Å². The van der Waals surface area contributed by atoms with Gasteiger partial charge in [-0.05, 0) is 24.1 Å². The van der Waals surface area contributed by atoms with Crippen molar-refractivity contribution in [2.24, 2.45) is 0 Å². The van der Waals surface area contributed by atoms with E-state index in [9.17, 15) is 23.7 Å². The van der Waals surface area contributed by atoms with Gasteiger partial charge in [-0.2, -0.15) is 8.78 Å². The van der Waals surface area contributed by atoms with E-state index in [0.29, 0.717) is 6.42 Å². The molecule has 0 saturated heterocycles. The Morgan fingerprint density at radius 3 is 2.79 bits per heavy atom. The second kappa shape index (κ2) is 8.33. The van der Waals surface area contributed by atoms with Crippen LogP contribution in [0.3, 0.4) is 0 Å². The number of non-ortho nitro benzene ring substituents is 1. The van der Waals surface area contributed by atoms with Crippen molar-refractivity contribution in [2.45, 2.75) is 13.0 Å². The van der Waals surface area contributed by atoms with E-state index in [4.69, 9.17) is 0 Å². The summed E-state index contributed by atoms with van der Waals surface area (Å²) in [4.78, 5) is 25.4. The number of carbonyl (C=O) groups excluding carboxylic acids is 1. The quantitative estimate of drug-likeness (QED) is 0.418. The van der Waals surface area contributed by atoms with E-state index in [1.807, 2.05) is 30.5 Å². The van der Waals surface area contributed by atoms with E-state index < -0.39 is 17.6 Å². The van der Waals surface area contributed by atoms with E-state index >= 15 is 0 Å². The van der Waals surface area contributed by atoms with Crippen molar-refractivity contribution in [1.82, 2.24) is 10.3 Å². The third-order valence-electron chi connectivity index (χ3n) is 3.99. The molecule has 146 valence electrons. The Labute approximate surface area is 157 Å². The lowest BCUT2D eigenvalue weighted by molar-refractivity contribution is -0.384. The Balaban J connectivity index is 1.63. The molecule has 0 aliphatic rings. The average Bonchev–Trinajstić information content (AvgIpc) is 3.06. The predicted molar refractivity (Wildman–Crippen MR) is 98.8 cm³/mol. The Morgan fingerprint density at radius 1 is 1.25 bits per heavy atom. The number of alkyl halides is 2. The number of para-hydroxylation sites is 1. The topological polar surface area (TPSA) is 109 Å². The van der Waals surface area contributed by atoms with E-state index in [2.05, 4.69) is 20.4 Å². The number of H-pyrrole nitrogens is 1. The fourth-order valence-corrected chi connectivity index (χ4v) is 2.74. The number of hydrogen-bond acceptors (Lipinski definition) is 4. The highest BCUT2D eigenvalue weighted by atomic mass is 19.3. The number of nitrogens with one attached hydrogen (secondary N) is 3. The number of nitrogens with zero attached hydrogens (tertiary/aromatic N) is 1. The summed E-state index contributed by atoms with van der Waals surface area (Å²) in [6, 6.07) is 9.99. The molecule has 0 saturated carbocycles. The molecular weight excluding hydrogens is 374 g/mol.